The number of carbonyl (C=O) groups is 4. The highest BCUT2D eigenvalue weighted by Gasteiger charge is 2.31. The number of carboxylic acid groups (broad SMARTS) is 2. The molecular weight excluding hydrogens is 546 g/mol. The first-order chi connectivity index (χ1) is 17.7. The highest BCUT2D eigenvalue weighted by molar-refractivity contribution is 8.15. The van der Waals surface area contributed by atoms with Crippen molar-refractivity contribution in [3.8, 4) is 5.75 Å². The second-order valence-corrected chi connectivity index (χ2v) is 9.22. The van der Waals surface area contributed by atoms with Crippen LogP contribution in [-0.2, 0) is 31.2 Å². The van der Waals surface area contributed by atoms with Crippen LogP contribution in [0.4, 0.5) is 10.6 Å². The summed E-state index contributed by atoms with van der Waals surface area (Å²) in [4.78, 5) is 48.2. The van der Waals surface area contributed by atoms with Gasteiger partial charge in [0.05, 0.1) is 11.8 Å². The maximum atomic E-state index is 11.6. The van der Waals surface area contributed by atoms with Gasteiger partial charge in [0.15, 0.2) is 0 Å². The zero-order valence-electron chi connectivity index (χ0n) is 19.8. The maximum absolute atomic E-state index is 11.6. The molecule has 16 heteroatoms. The summed E-state index contributed by atoms with van der Waals surface area (Å²) < 4.78 is 37.3. The molecule has 206 valence electrons. The Hall–Kier alpha value is -3.99. The number of nitrogens with zero attached hydrogens (tertiary/aromatic N) is 2. The van der Waals surface area contributed by atoms with Crippen molar-refractivity contribution in [1.29, 1.82) is 0 Å². The van der Waals surface area contributed by atoms with E-state index < -0.39 is 22.3 Å². The molecule has 0 radical (unpaired) electrons. The third kappa shape index (κ3) is 15.2. The van der Waals surface area contributed by atoms with Crippen molar-refractivity contribution in [2.75, 3.05) is 25.1 Å². The number of carboxylic acids is 2. The lowest BCUT2D eigenvalue weighted by atomic mass is 10.1. The zero-order valence-corrected chi connectivity index (χ0v) is 21.5. The van der Waals surface area contributed by atoms with Crippen molar-refractivity contribution < 1.29 is 51.7 Å². The van der Waals surface area contributed by atoms with E-state index in [1.54, 1.807) is 6.20 Å². The lowest BCUT2D eigenvalue weighted by Gasteiger charge is -2.18. The number of aliphatic carboxylic acids is 2. The van der Waals surface area contributed by atoms with Gasteiger partial charge in [0.1, 0.15) is 18.2 Å². The Labute approximate surface area is 221 Å². The van der Waals surface area contributed by atoms with E-state index >= 15 is 0 Å². The van der Waals surface area contributed by atoms with Crippen LogP contribution in [0.1, 0.15) is 5.56 Å². The van der Waals surface area contributed by atoms with E-state index in [9.17, 15) is 19.2 Å². The van der Waals surface area contributed by atoms with Gasteiger partial charge >= 0.3 is 22.3 Å². The number of likely N-dealkylation sites (N-methyl/N-ethyl adjacent to an activating group) is 1. The molecule has 0 saturated carbocycles. The number of hydrogen-bond acceptors (Lipinski definition) is 10. The topological polar surface area (TPSA) is 221 Å². The number of aromatic nitrogens is 1. The molecule has 3 rings (SSSR count). The fourth-order valence-electron chi connectivity index (χ4n) is 2.60. The van der Waals surface area contributed by atoms with Crippen molar-refractivity contribution in [3.63, 3.8) is 0 Å². The summed E-state index contributed by atoms with van der Waals surface area (Å²) in [5, 5.41) is 17.3. The van der Waals surface area contributed by atoms with E-state index in [-0.39, 0.29) is 16.4 Å². The van der Waals surface area contributed by atoms with Crippen molar-refractivity contribution in [2.45, 2.75) is 11.7 Å². The summed E-state index contributed by atoms with van der Waals surface area (Å²) >= 11 is 1.05. The van der Waals surface area contributed by atoms with Gasteiger partial charge in [-0.1, -0.05) is 30.0 Å². The number of thioether (sulfide) groups is 1. The number of carbonyl (C=O) groups excluding carboxylic acids is 2. The van der Waals surface area contributed by atoms with Crippen LogP contribution in [0.2, 0.25) is 0 Å². The number of benzene rings is 1. The van der Waals surface area contributed by atoms with E-state index in [0.29, 0.717) is 25.2 Å². The SMILES string of the molecule is CN(CCOc1ccc(CC2SC(=O)NC2=O)cc1)c1ccccn1.O=C(O)C=CC(=O)O.O=S(=O)(O)O. The number of rotatable bonds is 9. The van der Waals surface area contributed by atoms with Crippen LogP contribution in [0, 0.1) is 0 Å². The number of pyridine rings is 1. The molecule has 1 saturated heterocycles. The van der Waals surface area contributed by atoms with Gasteiger partial charge in [-0.15, -0.1) is 0 Å². The summed E-state index contributed by atoms with van der Waals surface area (Å²) in [6, 6.07) is 13.4. The monoisotopic (exact) mass is 571 g/mol. The van der Waals surface area contributed by atoms with Gasteiger partial charge in [-0.25, -0.2) is 14.6 Å². The van der Waals surface area contributed by atoms with Gasteiger partial charge in [-0.2, -0.15) is 8.42 Å². The molecule has 1 atom stereocenters. The quantitative estimate of drug-likeness (QED) is 0.213. The molecule has 5 N–H and O–H groups in total. The minimum Gasteiger partial charge on any atom is -0.492 e. The van der Waals surface area contributed by atoms with Crippen LogP contribution in [-0.4, -0.2) is 81.3 Å². The number of nitrogens with one attached hydrogen (secondary N) is 1. The van der Waals surface area contributed by atoms with Gasteiger partial charge in [-0.05, 0) is 36.2 Å². The molecule has 1 aliphatic heterocycles. The third-order valence-electron chi connectivity index (χ3n) is 4.22. The van der Waals surface area contributed by atoms with Crippen molar-refractivity contribution >= 4 is 51.1 Å². The molecule has 2 heterocycles. The van der Waals surface area contributed by atoms with Gasteiger partial charge in [0.2, 0.25) is 5.91 Å². The fourth-order valence-corrected chi connectivity index (χ4v) is 3.46. The van der Waals surface area contributed by atoms with E-state index in [1.807, 2.05) is 54.4 Å². The number of hydrogen-bond donors (Lipinski definition) is 5. The Morgan fingerprint density at radius 1 is 1.08 bits per heavy atom. The normalized spacial score (nSPS) is 14.4. The second kappa shape index (κ2) is 16.0. The van der Waals surface area contributed by atoms with Crippen molar-refractivity contribution in [1.82, 2.24) is 10.3 Å². The lowest BCUT2D eigenvalue weighted by Crippen LogP contribution is -2.25. The fraction of sp³-hybridized carbons (Fsp3) is 0.227. The average molecular weight is 572 g/mol. The van der Waals surface area contributed by atoms with Crippen LogP contribution < -0.4 is 15.0 Å². The van der Waals surface area contributed by atoms with E-state index in [1.165, 1.54) is 0 Å². The van der Waals surface area contributed by atoms with Crippen molar-refractivity contribution in [3.05, 3.63) is 66.4 Å². The average Bonchev–Trinajstić information content (AvgIpc) is 3.15. The molecule has 1 aliphatic rings. The number of anilines is 1. The Bertz CT molecular complexity index is 1200. The molecule has 1 aromatic carbocycles. The molecular formula is C22H25N3O11S2. The maximum Gasteiger partial charge on any atom is 0.394 e. The predicted molar refractivity (Wildman–Crippen MR) is 137 cm³/mol. The standard InChI is InChI=1S/C18H19N3O3S.C4H4O4.H2O4S/c1-21(16-4-2-3-9-19-16)10-11-24-14-7-5-13(6-8-14)12-15-17(22)20-18(23)25-15;5-3(6)1-2-4(7)8;1-5(2,3)4/h2-9,15H,10-12H2,1H3,(H,20,22,23);1-2H,(H,5,6)(H,7,8);(H2,1,2,3,4). The smallest absolute Gasteiger partial charge is 0.394 e. The molecule has 1 unspecified atom stereocenters. The van der Waals surface area contributed by atoms with Crippen LogP contribution >= 0.6 is 11.8 Å². The Balaban J connectivity index is 0.000000462. The minimum atomic E-state index is -4.67. The molecule has 2 amide bonds. The van der Waals surface area contributed by atoms with E-state index in [4.69, 9.17) is 32.5 Å². The lowest BCUT2D eigenvalue weighted by molar-refractivity contribution is -0.134. The Morgan fingerprint density at radius 2 is 1.66 bits per heavy atom. The highest BCUT2D eigenvalue weighted by atomic mass is 32.3. The van der Waals surface area contributed by atoms with Crippen molar-refractivity contribution in [2.24, 2.45) is 0 Å². The first-order valence-electron chi connectivity index (χ1n) is 10.4. The van der Waals surface area contributed by atoms with E-state index in [0.717, 1.165) is 35.4 Å². The Kier molecular flexibility index (Phi) is 13.5. The molecule has 2 aromatic rings. The summed E-state index contributed by atoms with van der Waals surface area (Å²) in [6.07, 6.45) is 3.41. The van der Waals surface area contributed by atoms with Gasteiger partial charge < -0.3 is 19.8 Å². The third-order valence-corrected chi connectivity index (χ3v) is 5.20. The van der Waals surface area contributed by atoms with Crippen LogP contribution in [0.25, 0.3) is 0 Å². The Morgan fingerprint density at radius 3 is 2.11 bits per heavy atom. The molecule has 1 fully saturated rings. The van der Waals surface area contributed by atoms with E-state index in [2.05, 4.69) is 10.3 Å². The molecule has 38 heavy (non-hydrogen) atoms. The first-order valence-corrected chi connectivity index (χ1v) is 12.7. The summed E-state index contributed by atoms with van der Waals surface area (Å²) in [6.45, 7) is 1.27. The summed E-state index contributed by atoms with van der Waals surface area (Å²) in [5.74, 6) is -1.05. The summed E-state index contributed by atoms with van der Waals surface area (Å²) in [7, 11) is -2.69. The summed E-state index contributed by atoms with van der Waals surface area (Å²) in [5.41, 5.74) is 1.00. The number of ether oxygens (including phenoxy) is 1. The predicted octanol–water partition coefficient (Wildman–Crippen LogP) is 1.55. The van der Waals surface area contributed by atoms with Crippen LogP contribution in [0.5, 0.6) is 5.75 Å². The number of amides is 2. The van der Waals surface area contributed by atoms with Crippen LogP contribution in [0.3, 0.4) is 0 Å². The van der Waals surface area contributed by atoms with Crippen LogP contribution in [0.15, 0.2) is 60.8 Å². The molecule has 0 spiro atoms. The molecule has 0 bridgehead atoms. The zero-order chi connectivity index (χ0) is 28.7. The van der Waals surface area contributed by atoms with Gasteiger partial charge in [-0.3, -0.25) is 24.0 Å². The minimum absolute atomic E-state index is 0.215. The number of imide groups is 1. The van der Waals surface area contributed by atoms with Gasteiger partial charge in [0, 0.05) is 25.4 Å². The first kappa shape index (κ1) is 32.0. The molecule has 0 aliphatic carbocycles. The highest BCUT2D eigenvalue weighted by Crippen LogP contribution is 2.23. The molecule has 14 nitrogen and oxygen atoms in total. The largest absolute Gasteiger partial charge is 0.492 e. The molecule has 1 aromatic heterocycles. The van der Waals surface area contributed by atoms with Gasteiger partial charge in [0.25, 0.3) is 5.24 Å². The second-order valence-electron chi connectivity index (χ2n) is 7.15.